The molecular formula is C16H16BrN3S2. The second-order valence-corrected chi connectivity index (χ2v) is 8.06. The maximum absolute atomic E-state index is 4.38. The van der Waals surface area contributed by atoms with Gasteiger partial charge in [0.15, 0.2) is 11.0 Å². The van der Waals surface area contributed by atoms with Crippen LogP contribution in [0.25, 0.3) is 11.4 Å². The summed E-state index contributed by atoms with van der Waals surface area (Å²) >= 11 is 6.98. The lowest BCUT2D eigenvalue weighted by atomic mass is 10.2. The van der Waals surface area contributed by atoms with Crippen LogP contribution in [0.4, 0.5) is 0 Å². The van der Waals surface area contributed by atoms with Gasteiger partial charge in [0, 0.05) is 33.1 Å². The van der Waals surface area contributed by atoms with Crippen LogP contribution in [-0.2, 0) is 12.8 Å². The van der Waals surface area contributed by atoms with Gasteiger partial charge >= 0.3 is 0 Å². The van der Waals surface area contributed by atoms with E-state index in [1.54, 1.807) is 23.1 Å². The summed E-state index contributed by atoms with van der Waals surface area (Å²) < 4.78 is 3.19. The lowest BCUT2D eigenvalue weighted by Gasteiger charge is -2.04. The van der Waals surface area contributed by atoms with E-state index in [1.807, 2.05) is 13.1 Å². The van der Waals surface area contributed by atoms with Crippen molar-refractivity contribution in [2.75, 3.05) is 0 Å². The number of aromatic nitrogens is 3. The van der Waals surface area contributed by atoms with Crippen molar-refractivity contribution in [3.05, 3.63) is 50.1 Å². The van der Waals surface area contributed by atoms with Crippen LogP contribution in [0.2, 0.25) is 0 Å². The number of benzene rings is 1. The van der Waals surface area contributed by atoms with Crippen LogP contribution in [-0.4, -0.2) is 14.8 Å². The van der Waals surface area contributed by atoms with Crippen molar-refractivity contribution in [2.45, 2.75) is 24.8 Å². The van der Waals surface area contributed by atoms with Gasteiger partial charge in [-0.2, -0.15) is 0 Å². The first-order valence-electron chi connectivity index (χ1n) is 6.88. The van der Waals surface area contributed by atoms with Crippen molar-refractivity contribution in [1.29, 1.82) is 0 Å². The van der Waals surface area contributed by atoms with Crippen LogP contribution in [0.15, 0.2) is 39.3 Å². The van der Waals surface area contributed by atoms with Crippen molar-refractivity contribution in [3.8, 4) is 11.4 Å². The molecule has 0 unspecified atom stereocenters. The molecule has 2 aromatic heterocycles. The van der Waals surface area contributed by atoms with Crippen LogP contribution in [0.3, 0.4) is 0 Å². The molecule has 0 aliphatic heterocycles. The smallest absolute Gasteiger partial charge is 0.191 e. The number of rotatable bonds is 4. The highest BCUT2D eigenvalue weighted by molar-refractivity contribution is 9.10. The minimum atomic E-state index is 0.882. The number of aryl methyl sites for hydroxylation is 1. The maximum atomic E-state index is 4.38. The third-order valence-corrected chi connectivity index (χ3v) is 6.22. The third kappa shape index (κ3) is 3.14. The SMILES string of the molecule is Cc1scc(-c2nnc(SCc3cccc(Br)c3)n2C)c1C. The highest BCUT2D eigenvalue weighted by Gasteiger charge is 2.15. The van der Waals surface area contributed by atoms with E-state index in [-0.39, 0.29) is 0 Å². The van der Waals surface area contributed by atoms with Crippen LogP contribution in [0.1, 0.15) is 16.0 Å². The first kappa shape index (κ1) is 15.8. The molecule has 0 spiro atoms. The molecule has 1 aromatic carbocycles. The predicted molar refractivity (Wildman–Crippen MR) is 97.5 cm³/mol. The highest BCUT2D eigenvalue weighted by atomic mass is 79.9. The second kappa shape index (κ2) is 6.56. The van der Waals surface area contributed by atoms with Gasteiger partial charge in [0.05, 0.1) is 0 Å². The van der Waals surface area contributed by atoms with Crippen molar-refractivity contribution in [2.24, 2.45) is 7.05 Å². The lowest BCUT2D eigenvalue weighted by molar-refractivity contribution is 0.793. The topological polar surface area (TPSA) is 30.7 Å². The lowest BCUT2D eigenvalue weighted by Crippen LogP contribution is -1.95. The fourth-order valence-corrected chi connectivity index (χ4v) is 4.35. The van der Waals surface area contributed by atoms with Crippen molar-refractivity contribution in [1.82, 2.24) is 14.8 Å². The minimum Gasteiger partial charge on any atom is -0.305 e. The van der Waals surface area contributed by atoms with E-state index in [9.17, 15) is 0 Å². The average molecular weight is 394 g/mol. The molecule has 22 heavy (non-hydrogen) atoms. The monoisotopic (exact) mass is 393 g/mol. The molecule has 0 atom stereocenters. The Balaban J connectivity index is 1.80. The molecule has 6 heteroatoms. The first-order valence-corrected chi connectivity index (χ1v) is 9.54. The first-order chi connectivity index (χ1) is 10.6. The Morgan fingerprint density at radius 2 is 2.09 bits per heavy atom. The van der Waals surface area contributed by atoms with Crippen molar-refractivity contribution in [3.63, 3.8) is 0 Å². The van der Waals surface area contributed by atoms with Gasteiger partial charge < -0.3 is 4.57 Å². The number of thioether (sulfide) groups is 1. The molecule has 0 N–H and O–H groups in total. The van der Waals surface area contributed by atoms with Crippen molar-refractivity contribution < 1.29 is 0 Å². The average Bonchev–Trinajstić information content (AvgIpc) is 3.01. The molecule has 0 aliphatic carbocycles. The standard InChI is InChI=1S/C16H16BrN3S2/c1-10-11(2)21-9-14(10)15-18-19-16(20(15)3)22-8-12-5-4-6-13(17)7-12/h4-7,9H,8H2,1-3H3. The molecular weight excluding hydrogens is 378 g/mol. The Morgan fingerprint density at radius 1 is 1.27 bits per heavy atom. The summed E-state index contributed by atoms with van der Waals surface area (Å²) in [4.78, 5) is 1.33. The Morgan fingerprint density at radius 3 is 2.77 bits per heavy atom. The zero-order valence-corrected chi connectivity index (χ0v) is 15.8. The van der Waals surface area contributed by atoms with E-state index >= 15 is 0 Å². The van der Waals surface area contributed by atoms with E-state index in [0.717, 1.165) is 21.2 Å². The van der Waals surface area contributed by atoms with Crippen LogP contribution in [0.5, 0.6) is 0 Å². The summed E-state index contributed by atoms with van der Waals surface area (Å²) in [7, 11) is 2.03. The Bertz CT molecular complexity index is 808. The Kier molecular flexibility index (Phi) is 4.70. The summed E-state index contributed by atoms with van der Waals surface area (Å²) in [5, 5.41) is 11.8. The number of halogens is 1. The van der Waals surface area contributed by atoms with E-state index in [4.69, 9.17) is 0 Å². The normalized spacial score (nSPS) is 11.1. The molecule has 0 saturated carbocycles. The largest absolute Gasteiger partial charge is 0.305 e. The van der Waals surface area contributed by atoms with Gasteiger partial charge in [0.25, 0.3) is 0 Å². The molecule has 0 bridgehead atoms. The molecule has 2 heterocycles. The summed E-state index contributed by atoms with van der Waals surface area (Å²) in [5.41, 5.74) is 3.75. The second-order valence-electron chi connectivity index (χ2n) is 5.11. The highest BCUT2D eigenvalue weighted by Crippen LogP contribution is 2.31. The van der Waals surface area contributed by atoms with Gasteiger partial charge in [-0.3, -0.25) is 0 Å². The quantitative estimate of drug-likeness (QED) is 0.569. The summed E-state index contributed by atoms with van der Waals surface area (Å²) in [5.74, 6) is 1.83. The van der Waals surface area contributed by atoms with E-state index in [1.165, 1.54) is 21.6 Å². The van der Waals surface area contributed by atoms with E-state index in [0.29, 0.717) is 0 Å². The number of nitrogens with zero attached hydrogens (tertiary/aromatic N) is 3. The van der Waals surface area contributed by atoms with E-state index in [2.05, 4.69) is 68.1 Å². The molecule has 0 amide bonds. The van der Waals surface area contributed by atoms with Gasteiger partial charge in [-0.05, 0) is 37.1 Å². The van der Waals surface area contributed by atoms with Gasteiger partial charge in [-0.1, -0.05) is 39.8 Å². The van der Waals surface area contributed by atoms with E-state index < -0.39 is 0 Å². The zero-order valence-electron chi connectivity index (χ0n) is 12.6. The Labute approximate surface area is 146 Å². The van der Waals surface area contributed by atoms with Crippen LogP contribution in [0, 0.1) is 13.8 Å². The van der Waals surface area contributed by atoms with Gasteiger partial charge in [-0.25, -0.2) is 0 Å². The van der Waals surface area contributed by atoms with Gasteiger partial charge in [-0.15, -0.1) is 21.5 Å². The van der Waals surface area contributed by atoms with Gasteiger partial charge in [0.1, 0.15) is 0 Å². The summed E-state index contributed by atoms with van der Waals surface area (Å²) in [6.45, 7) is 4.28. The summed E-state index contributed by atoms with van der Waals surface area (Å²) in [6.07, 6.45) is 0. The molecule has 0 aliphatic rings. The molecule has 0 radical (unpaired) electrons. The predicted octanol–water partition coefficient (Wildman–Crippen LogP) is 5.22. The molecule has 3 rings (SSSR count). The minimum absolute atomic E-state index is 0.882. The van der Waals surface area contributed by atoms with Crippen LogP contribution < -0.4 is 0 Å². The Hall–Kier alpha value is -1.11. The fraction of sp³-hybridized carbons (Fsp3) is 0.250. The zero-order chi connectivity index (χ0) is 15.7. The molecule has 0 saturated heterocycles. The molecule has 0 fully saturated rings. The van der Waals surface area contributed by atoms with Gasteiger partial charge in [0.2, 0.25) is 0 Å². The summed E-state index contributed by atoms with van der Waals surface area (Å²) in [6, 6.07) is 8.36. The van der Waals surface area contributed by atoms with Crippen LogP contribution >= 0.6 is 39.0 Å². The molecule has 114 valence electrons. The van der Waals surface area contributed by atoms with Crippen molar-refractivity contribution >= 4 is 39.0 Å². The molecule has 3 nitrogen and oxygen atoms in total. The third-order valence-electron chi connectivity index (χ3n) is 3.62. The number of hydrogen-bond donors (Lipinski definition) is 0. The maximum Gasteiger partial charge on any atom is 0.191 e. The number of thiophene rings is 1. The fourth-order valence-electron chi connectivity index (χ4n) is 2.18. The number of hydrogen-bond acceptors (Lipinski definition) is 4. The molecule has 3 aromatic rings.